The van der Waals surface area contributed by atoms with E-state index in [0.717, 1.165) is 17.6 Å². The number of benzene rings is 2. The maximum absolute atomic E-state index is 4.90. The number of aryl methyl sites for hydroxylation is 2. The Kier molecular flexibility index (Phi) is 3.33. The van der Waals surface area contributed by atoms with Crippen LogP contribution in [0.4, 0.5) is 5.69 Å². The number of pyridine rings is 1. The fraction of sp³-hybridized carbons (Fsp3) is 0.286. The molecule has 0 amide bonds. The highest BCUT2D eigenvalue weighted by molar-refractivity contribution is 5.79. The van der Waals surface area contributed by atoms with E-state index in [2.05, 4.69) is 74.6 Å². The number of nitrogens with one attached hydrogen (secondary N) is 1. The van der Waals surface area contributed by atoms with Gasteiger partial charge in [0.1, 0.15) is 0 Å². The molecule has 1 aliphatic rings. The SMILES string of the molecule is Cc1ccc2c(c1)C(C)CC(c1ccc3cc(C)ccc3n1)N2. The van der Waals surface area contributed by atoms with Gasteiger partial charge in [0.25, 0.3) is 0 Å². The highest BCUT2D eigenvalue weighted by atomic mass is 15.0. The second-order valence-corrected chi connectivity index (χ2v) is 6.86. The second kappa shape index (κ2) is 5.38. The van der Waals surface area contributed by atoms with Crippen LogP contribution in [0, 0.1) is 13.8 Å². The van der Waals surface area contributed by atoms with Crippen molar-refractivity contribution in [3.05, 3.63) is 70.9 Å². The first-order valence-corrected chi connectivity index (χ1v) is 8.34. The first kappa shape index (κ1) is 14.3. The zero-order valence-corrected chi connectivity index (χ0v) is 13.9. The summed E-state index contributed by atoms with van der Waals surface area (Å²) in [6, 6.07) is 17.8. The van der Waals surface area contributed by atoms with E-state index < -0.39 is 0 Å². The molecule has 2 aromatic carbocycles. The predicted molar refractivity (Wildman–Crippen MR) is 97.1 cm³/mol. The summed E-state index contributed by atoms with van der Waals surface area (Å²) in [4.78, 5) is 4.90. The maximum atomic E-state index is 4.90. The van der Waals surface area contributed by atoms with Crippen LogP contribution < -0.4 is 5.32 Å². The van der Waals surface area contributed by atoms with E-state index in [-0.39, 0.29) is 6.04 Å². The average Bonchev–Trinajstić information content (AvgIpc) is 2.55. The number of nitrogens with zero attached hydrogens (tertiary/aromatic N) is 1. The van der Waals surface area contributed by atoms with Gasteiger partial charge < -0.3 is 5.32 Å². The standard InChI is InChI=1S/C21H22N2/c1-13-4-7-18-16(10-13)6-9-20(22-18)21-12-15(3)17-11-14(2)5-8-19(17)23-21/h4-11,15,21,23H,12H2,1-3H3. The van der Waals surface area contributed by atoms with E-state index in [1.807, 2.05) is 0 Å². The van der Waals surface area contributed by atoms with Gasteiger partial charge in [0, 0.05) is 11.1 Å². The van der Waals surface area contributed by atoms with Gasteiger partial charge in [-0.05, 0) is 56.0 Å². The normalized spacial score (nSPS) is 20.1. The van der Waals surface area contributed by atoms with Crippen molar-refractivity contribution in [3.8, 4) is 0 Å². The molecule has 0 radical (unpaired) electrons. The van der Waals surface area contributed by atoms with Crippen LogP contribution in [-0.2, 0) is 0 Å². The first-order valence-electron chi connectivity index (χ1n) is 8.34. The van der Waals surface area contributed by atoms with Gasteiger partial charge in [-0.25, -0.2) is 0 Å². The number of fused-ring (bicyclic) bond motifs is 2. The molecule has 0 spiro atoms. The molecule has 2 unspecified atom stereocenters. The summed E-state index contributed by atoms with van der Waals surface area (Å²) in [6.45, 7) is 6.60. The summed E-state index contributed by atoms with van der Waals surface area (Å²) in [6.07, 6.45) is 1.08. The van der Waals surface area contributed by atoms with Gasteiger partial charge in [-0.1, -0.05) is 42.3 Å². The lowest BCUT2D eigenvalue weighted by molar-refractivity contribution is 0.570. The molecule has 2 atom stereocenters. The minimum Gasteiger partial charge on any atom is -0.376 e. The van der Waals surface area contributed by atoms with Crippen molar-refractivity contribution >= 4 is 16.6 Å². The Morgan fingerprint density at radius 2 is 1.74 bits per heavy atom. The number of hydrogen-bond donors (Lipinski definition) is 1. The topological polar surface area (TPSA) is 24.9 Å². The summed E-state index contributed by atoms with van der Waals surface area (Å²) in [5.74, 6) is 0.548. The number of anilines is 1. The van der Waals surface area contributed by atoms with Crippen LogP contribution in [0.2, 0.25) is 0 Å². The molecule has 0 saturated carbocycles. The Bertz CT molecular complexity index is 882. The fourth-order valence-electron chi connectivity index (χ4n) is 3.60. The Morgan fingerprint density at radius 1 is 0.957 bits per heavy atom. The summed E-state index contributed by atoms with van der Waals surface area (Å²) < 4.78 is 0. The lowest BCUT2D eigenvalue weighted by atomic mass is 9.86. The van der Waals surface area contributed by atoms with E-state index in [9.17, 15) is 0 Å². The number of rotatable bonds is 1. The third-order valence-electron chi connectivity index (χ3n) is 4.88. The molecule has 1 aliphatic heterocycles. The molecule has 2 nitrogen and oxygen atoms in total. The van der Waals surface area contributed by atoms with E-state index in [4.69, 9.17) is 4.98 Å². The largest absolute Gasteiger partial charge is 0.376 e. The lowest BCUT2D eigenvalue weighted by Gasteiger charge is -2.31. The van der Waals surface area contributed by atoms with Crippen LogP contribution in [0.1, 0.15) is 47.7 Å². The van der Waals surface area contributed by atoms with Crippen molar-refractivity contribution in [2.75, 3.05) is 5.32 Å². The molecule has 0 saturated heterocycles. The van der Waals surface area contributed by atoms with E-state index >= 15 is 0 Å². The Hall–Kier alpha value is -2.35. The third-order valence-corrected chi connectivity index (χ3v) is 4.88. The van der Waals surface area contributed by atoms with Gasteiger partial charge in [0.05, 0.1) is 17.3 Å². The van der Waals surface area contributed by atoms with Crippen LogP contribution in [0.15, 0.2) is 48.5 Å². The van der Waals surface area contributed by atoms with E-state index in [0.29, 0.717) is 5.92 Å². The van der Waals surface area contributed by atoms with Crippen molar-refractivity contribution in [2.45, 2.75) is 39.2 Å². The van der Waals surface area contributed by atoms with Gasteiger partial charge in [-0.15, -0.1) is 0 Å². The molecule has 4 rings (SSSR count). The van der Waals surface area contributed by atoms with Crippen molar-refractivity contribution in [1.82, 2.24) is 4.98 Å². The molecule has 2 heterocycles. The third kappa shape index (κ3) is 2.59. The Labute approximate surface area is 137 Å². The zero-order chi connectivity index (χ0) is 16.0. The van der Waals surface area contributed by atoms with Gasteiger partial charge in [-0.2, -0.15) is 0 Å². The number of hydrogen-bond acceptors (Lipinski definition) is 2. The Morgan fingerprint density at radius 3 is 2.61 bits per heavy atom. The van der Waals surface area contributed by atoms with Gasteiger partial charge in [0.2, 0.25) is 0 Å². The molecule has 0 fully saturated rings. The molecule has 116 valence electrons. The minimum absolute atomic E-state index is 0.283. The summed E-state index contributed by atoms with van der Waals surface area (Å²) in [5, 5.41) is 4.90. The molecular formula is C21H22N2. The second-order valence-electron chi connectivity index (χ2n) is 6.86. The van der Waals surface area contributed by atoms with Crippen molar-refractivity contribution < 1.29 is 0 Å². The summed E-state index contributed by atoms with van der Waals surface area (Å²) in [7, 11) is 0. The highest BCUT2D eigenvalue weighted by Gasteiger charge is 2.25. The fourth-order valence-corrected chi connectivity index (χ4v) is 3.60. The summed E-state index contributed by atoms with van der Waals surface area (Å²) >= 11 is 0. The van der Waals surface area contributed by atoms with E-state index in [1.165, 1.54) is 27.8 Å². The monoisotopic (exact) mass is 302 g/mol. The molecule has 2 heteroatoms. The molecule has 3 aromatic rings. The number of aromatic nitrogens is 1. The van der Waals surface area contributed by atoms with Crippen LogP contribution in [0.5, 0.6) is 0 Å². The van der Waals surface area contributed by atoms with Crippen LogP contribution in [0.3, 0.4) is 0 Å². The van der Waals surface area contributed by atoms with Gasteiger partial charge >= 0.3 is 0 Å². The smallest absolute Gasteiger partial charge is 0.0706 e. The first-order chi connectivity index (χ1) is 11.1. The molecule has 1 N–H and O–H groups in total. The van der Waals surface area contributed by atoms with Gasteiger partial charge in [-0.3, -0.25) is 4.98 Å². The predicted octanol–water partition coefficient (Wildman–Crippen LogP) is 5.51. The van der Waals surface area contributed by atoms with Crippen LogP contribution in [-0.4, -0.2) is 4.98 Å². The maximum Gasteiger partial charge on any atom is 0.0706 e. The van der Waals surface area contributed by atoms with Crippen molar-refractivity contribution in [1.29, 1.82) is 0 Å². The van der Waals surface area contributed by atoms with Gasteiger partial charge in [0.15, 0.2) is 0 Å². The average molecular weight is 302 g/mol. The van der Waals surface area contributed by atoms with Crippen LogP contribution in [0.25, 0.3) is 10.9 Å². The molecule has 0 aliphatic carbocycles. The lowest BCUT2D eigenvalue weighted by Crippen LogP contribution is -2.21. The van der Waals surface area contributed by atoms with E-state index in [1.54, 1.807) is 0 Å². The molecule has 1 aromatic heterocycles. The minimum atomic E-state index is 0.283. The van der Waals surface area contributed by atoms with Crippen molar-refractivity contribution in [2.24, 2.45) is 0 Å². The highest BCUT2D eigenvalue weighted by Crippen LogP contribution is 2.40. The molecular weight excluding hydrogens is 280 g/mol. The van der Waals surface area contributed by atoms with Crippen LogP contribution >= 0.6 is 0 Å². The summed E-state index contributed by atoms with van der Waals surface area (Å²) in [5.41, 5.74) is 7.51. The zero-order valence-electron chi connectivity index (χ0n) is 13.9. The Balaban J connectivity index is 1.71. The quantitative estimate of drug-likeness (QED) is 0.641. The molecule has 23 heavy (non-hydrogen) atoms. The molecule has 0 bridgehead atoms. The van der Waals surface area contributed by atoms with Crippen molar-refractivity contribution in [3.63, 3.8) is 0 Å².